The number of aromatic nitrogens is 6. The third kappa shape index (κ3) is 5.35. The van der Waals surface area contributed by atoms with Crippen molar-refractivity contribution in [2.45, 2.75) is 16.8 Å². The number of anilines is 2. The van der Waals surface area contributed by atoms with Crippen molar-refractivity contribution in [3.8, 4) is 11.6 Å². The van der Waals surface area contributed by atoms with Crippen molar-refractivity contribution in [1.82, 2.24) is 29.1 Å². The Labute approximate surface area is 186 Å². The number of nitrogens with one attached hydrogen (secondary N) is 1. The third-order valence-corrected chi connectivity index (χ3v) is 5.71. The van der Waals surface area contributed by atoms with Crippen LogP contribution in [-0.4, -0.2) is 45.9 Å². The van der Waals surface area contributed by atoms with Crippen molar-refractivity contribution in [2.75, 3.05) is 11.9 Å². The SMILES string of the molecule is Cn1nccc1Oc1cc(SCc2ccccn2)cnc1Nc1nc(C(O)CO)ns1. The van der Waals surface area contributed by atoms with Crippen LogP contribution in [0, 0.1) is 0 Å². The lowest BCUT2D eigenvalue weighted by molar-refractivity contribution is 0.0897. The predicted octanol–water partition coefficient (Wildman–Crippen LogP) is 2.92. The summed E-state index contributed by atoms with van der Waals surface area (Å²) in [6.45, 7) is -0.453. The molecule has 0 saturated carbocycles. The van der Waals surface area contributed by atoms with Crippen LogP contribution in [0.25, 0.3) is 0 Å². The predicted molar refractivity (Wildman–Crippen MR) is 117 cm³/mol. The summed E-state index contributed by atoms with van der Waals surface area (Å²) < 4.78 is 11.7. The monoisotopic (exact) mass is 457 g/mol. The number of hydrogen-bond acceptors (Lipinski definition) is 11. The molecule has 31 heavy (non-hydrogen) atoms. The molecule has 0 fully saturated rings. The molecular weight excluding hydrogens is 438 g/mol. The molecule has 3 N–H and O–H groups in total. The largest absolute Gasteiger partial charge is 0.435 e. The zero-order valence-corrected chi connectivity index (χ0v) is 18.0. The Bertz CT molecular complexity index is 1140. The van der Waals surface area contributed by atoms with E-state index in [9.17, 15) is 5.11 Å². The summed E-state index contributed by atoms with van der Waals surface area (Å²) in [5.74, 6) is 2.30. The lowest BCUT2D eigenvalue weighted by Gasteiger charge is -2.12. The highest BCUT2D eigenvalue weighted by Crippen LogP contribution is 2.34. The minimum Gasteiger partial charge on any atom is -0.435 e. The Kier molecular flexibility index (Phi) is 6.72. The zero-order chi connectivity index (χ0) is 21.6. The molecule has 0 aliphatic carbocycles. The van der Waals surface area contributed by atoms with E-state index >= 15 is 0 Å². The van der Waals surface area contributed by atoms with E-state index in [1.165, 1.54) is 0 Å². The Morgan fingerprint density at radius 1 is 1.26 bits per heavy atom. The van der Waals surface area contributed by atoms with Gasteiger partial charge in [-0.1, -0.05) is 6.07 Å². The van der Waals surface area contributed by atoms with Crippen molar-refractivity contribution in [1.29, 1.82) is 0 Å². The molecule has 0 aromatic carbocycles. The standard InChI is InChI=1S/C19H19N7O3S2/c1-26-16(5-7-22-26)29-15-8-13(30-11-12-4-2-3-6-20-12)9-21-18(15)24-19-23-17(25-31-19)14(28)10-27/h2-9,14,27-28H,10-11H2,1H3,(H,21,23,24,25). The molecule has 0 aliphatic heterocycles. The number of nitrogens with zero attached hydrogens (tertiary/aromatic N) is 6. The van der Waals surface area contributed by atoms with Crippen LogP contribution < -0.4 is 10.1 Å². The lowest BCUT2D eigenvalue weighted by Crippen LogP contribution is -2.05. The Morgan fingerprint density at radius 3 is 2.90 bits per heavy atom. The summed E-state index contributed by atoms with van der Waals surface area (Å²) in [7, 11) is 1.78. The van der Waals surface area contributed by atoms with E-state index in [2.05, 4.69) is 29.7 Å². The molecular formula is C19H19N7O3S2. The van der Waals surface area contributed by atoms with Gasteiger partial charge < -0.3 is 20.3 Å². The molecule has 0 spiro atoms. The van der Waals surface area contributed by atoms with Gasteiger partial charge in [0.1, 0.15) is 6.10 Å². The van der Waals surface area contributed by atoms with E-state index in [4.69, 9.17) is 9.84 Å². The van der Waals surface area contributed by atoms with Crippen LogP contribution in [0.15, 0.2) is 53.8 Å². The lowest BCUT2D eigenvalue weighted by atomic mass is 10.4. The second-order valence-corrected chi connectivity index (χ2v) is 8.10. The first-order valence-electron chi connectivity index (χ1n) is 9.20. The average molecular weight is 458 g/mol. The van der Waals surface area contributed by atoms with Crippen LogP contribution in [0.3, 0.4) is 0 Å². The van der Waals surface area contributed by atoms with Crippen molar-refractivity contribution >= 4 is 34.2 Å². The van der Waals surface area contributed by atoms with Gasteiger partial charge in [-0.3, -0.25) is 4.98 Å². The number of aliphatic hydroxyl groups excluding tert-OH is 2. The van der Waals surface area contributed by atoms with Gasteiger partial charge in [0.15, 0.2) is 17.4 Å². The molecule has 4 aromatic rings. The van der Waals surface area contributed by atoms with Crippen LogP contribution in [0.5, 0.6) is 11.6 Å². The van der Waals surface area contributed by atoms with Gasteiger partial charge in [0, 0.05) is 47.7 Å². The number of rotatable bonds is 9. The highest BCUT2D eigenvalue weighted by Gasteiger charge is 2.16. The quantitative estimate of drug-likeness (QED) is 0.322. The number of ether oxygens (including phenoxy) is 1. The number of thioether (sulfide) groups is 1. The van der Waals surface area contributed by atoms with E-state index in [0.717, 1.165) is 22.1 Å². The molecule has 160 valence electrons. The maximum absolute atomic E-state index is 9.70. The molecule has 0 saturated heterocycles. The van der Waals surface area contributed by atoms with Gasteiger partial charge in [-0.25, -0.2) is 14.6 Å². The molecule has 4 heterocycles. The molecule has 12 heteroatoms. The molecule has 0 bridgehead atoms. The van der Waals surface area contributed by atoms with Crippen molar-refractivity contribution in [3.63, 3.8) is 0 Å². The van der Waals surface area contributed by atoms with Gasteiger partial charge in [0.25, 0.3) is 0 Å². The highest BCUT2D eigenvalue weighted by molar-refractivity contribution is 7.98. The smallest absolute Gasteiger partial charge is 0.217 e. The van der Waals surface area contributed by atoms with Gasteiger partial charge in [-0.2, -0.15) is 9.47 Å². The van der Waals surface area contributed by atoms with Gasteiger partial charge in [-0.05, 0) is 18.2 Å². The first-order chi connectivity index (χ1) is 15.1. The van der Waals surface area contributed by atoms with Crippen LogP contribution in [-0.2, 0) is 12.8 Å². The minimum atomic E-state index is -1.13. The van der Waals surface area contributed by atoms with E-state index < -0.39 is 12.7 Å². The summed E-state index contributed by atoms with van der Waals surface area (Å²) in [5.41, 5.74) is 0.965. The topological polar surface area (TPSA) is 131 Å². The van der Waals surface area contributed by atoms with Gasteiger partial charge in [0.2, 0.25) is 11.0 Å². The maximum atomic E-state index is 9.70. The molecule has 4 rings (SSSR count). The summed E-state index contributed by atoms with van der Waals surface area (Å²) in [5, 5.41) is 26.4. The Balaban J connectivity index is 1.57. The fourth-order valence-electron chi connectivity index (χ4n) is 2.50. The summed E-state index contributed by atoms with van der Waals surface area (Å²) >= 11 is 2.64. The second-order valence-electron chi connectivity index (χ2n) is 6.30. The Hall–Kier alpha value is -3.06. The van der Waals surface area contributed by atoms with Crippen LogP contribution in [0.2, 0.25) is 0 Å². The first kappa shape index (κ1) is 21.2. The fraction of sp³-hybridized carbons (Fsp3) is 0.211. The highest BCUT2D eigenvalue weighted by atomic mass is 32.2. The van der Waals surface area contributed by atoms with Crippen molar-refractivity contribution in [3.05, 3.63) is 60.4 Å². The summed E-state index contributed by atoms with van der Waals surface area (Å²) in [4.78, 5) is 13.9. The summed E-state index contributed by atoms with van der Waals surface area (Å²) in [6, 6.07) is 9.43. The maximum Gasteiger partial charge on any atom is 0.217 e. The van der Waals surface area contributed by atoms with E-state index in [0.29, 0.717) is 28.3 Å². The molecule has 0 amide bonds. The van der Waals surface area contributed by atoms with E-state index in [1.807, 2.05) is 24.3 Å². The fourth-order valence-corrected chi connectivity index (χ4v) is 3.92. The van der Waals surface area contributed by atoms with Gasteiger partial charge >= 0.3 is 0 Å². The number of hydrogen-bond donors (Lipinski definition) is 3. The van der Waals surface area contributed by atoms with Gasteiger partial charge in [-0.15, -0.1) is 11.8 Å². The normalized spacial score (nSPS) is 12.0. The zero-order valence-electron chi connectivity index (χ0n) is 16.4. The third-order valence-electron chi connectivity index (χ3n) is 4.07. The molecule has 10 nitrogen and oxygen atoms in total. The van der Waals surface area contributed by atoms with Crippen LogP contribution in [0.1, 0.15) is 17.6 Å². The Morgan fingerprint density at radius 2 is 2.16 bits per heavy atom. The van der Waals surface area contributed by atoms with E-state index in [-0.39, 0.29) is 5.82 Å². The molecule has 1 atom stereocenters. The number of pyridine rings is 2. The van der Waals surface area contributed by atoms with Crippen molar-refractivity contribution in [2.24, 2.45) is 7.05 Å². The molecule has 1 unspecified atom stereocenters. The van der Waals surface area contributed by atoms with Crippen molar-refractivity contribution < 1.29 is 14.9 Å². The second kappa shape index (κ2) is 9.83. The molecule has 4 aromatic heterocycles. The number of aryl methyl sites for hydroxylation is 1. The summed E-state index contributed by atoms with van der Waals surface area (Å²) in [6.07, 6.45) is 4.01. The minimum absolute atomic E-state index is 0.145. The first-order valence-corrected chi connectivity index (χ1v) is 11.0. The number of aliphatic hydroxyl groups is 2. The van der Waals surface area contributed by atoms with Crippen LogP contribution in [0.4, 0.5) is 10.9 Å². The molecule has 0 aliphatic rings. The van der Waals surface area contributed by atoms with E-state index in [1.54, 1.807) is 48.1 Å². The van der Waals surface area contributed by atoms with Gasteiger partial charge in [0.05, 0.1) is 18.5 Å². The molecule has 0 radical (unpaired) electrons. The van der Waals surface area contributed by atoms with Crippen LogP contribution >= 0.6 is 23.3 Å². The average Bonchev–Trinajstić information content (AvgIpc) is 3.43.